The highest BCUT2D eigenvalue weighted by Crippen LogP contribution is 2.36. The van der Waals surface area contributed by atoms with Gasteiger partial charge in [0.1, 0.15) is 5.75 Å². The fourth-order valence-corrected chi connectivity index (χ4v) is 3.44. The summed E-state index contributed by atoms with van der Waals surface area (Å²) < 4.78 is 5.22. The van der Waals surface area contributed by atoms with Crippen molar-refractivity contribution in [3.05, 3.63) is 107 Å². The number of aryl methyl sites for hydroxylation is 2. The summed E-state index contributed by atoms with van der Waals surface area (Å²) in [6, 6.07) is 23.9. The lowest BCUT2D eigenvalue weighted by atomic mass is 10.1. The van der Waals surface area contributed by atoms with Gasteiger partial charge in [-0.2, -0.15) is 0 Å². The summed E-state index contributed by atoms with van der Waals surface area (Å²) in [7, 11) is 1.64. The minimum atomic E-state index is -0.0251. The van der Waals surface area contributed by atoms with Gasteiger partial charge in [-0.05, 0) is 72.5 Å². The Hall–Kier alpha value is -3.59. The van der Waals surface area contributed by atoms with Gasteiger partial charge in [-0.25, -0.2) is 0 Å². The number of carbonyl (C=O) groups excluding carboxylic acids is 1. The van der Waals surface area contributed by atoms with Gasteiger partial charge in [0, 0.05) is 11.3 Å². The molecule has 0 fully saturated rings. The van der Waals surface area contributed by atoms with Gasteiger partial charge in [-0.3, -0.25) is 9.69 Å². The van der Waals surface area contributed by atoms with E-state index in [0.717, 1.165) is 33.8 Å². The van der Waals surface area contributed by atoms with Crippen molar-refractivity contribution in [3.8, 4) is 5.75 Å². The normalized spacial score (nSPS) is 15.0. The van der Waals surface area contributed by atoms with Crippen LogP contribution in [0.3, 0.4) is 0 Å². The Bertz CT molecular complexity index is 1110. The van der Waals surface area contributed by atoms with Crippen molar-refractivity contribution < 1.29 is 9.53 Å². The van der Waals surface area contributed by atoms with Crippen LogP contribution < -0.4 is 9.64 Å². The maximum atomic E-state index is 13.4. The fourth-order valence-electron chi connectivity index (χ4n) is 3.44. The quantitative estimate of drug-likeness (QED) is 0.536. The van der Waals surface area contributed by atoms with E-state index in [-0.39, 0.29) is 5.91 Å². The summed E-state index contributed by atoms with van der Waals surface area (Å²) in [5.41, 5.74) is 6.77. The molecule has 0 saturated heterocycles. The second kappa shape index (κ2) is 7.80. The standard InChI is InChI=1S/C26H23NO2/c1-18-9-12-23(15-19(18)2)27-25(21-7-5-4-6-8-21)17-22(26(27)28)16-20-10-13-24(29-3)14-11-20/h4-17H,1-3H3. The molecule has 29 heavy (non-hydrogen) atoms. The summed E-state index contributed by atoms with van der Waals surface area (Å²) in [5.74, 6) is 0.769. The van der Waals surface area contributed by atoms with Crippen molar-refractivity contribution in [2.45, 2.75) is 13.8 Å². The first-order valence-corrected chi connectivity index (χ1v) is 9.61. The van der Waals surface area contributed by atoms with Crippen molar-refractivity contribution >= 4 is 23.4 Å². The lowest BCUT2D eigenvalue weighted by molar-refractivity contribution is -0.113. The van der Waals surface area contributed by atoms with Crippen LogP contribution in [0.5, 0.6) is 5.75 Å². The molecule has 0 unspecified atom stereocenters. The molecule has 144 valence electrons. The van der Waals surface area contributed by atoms with Gasteiger partial charge >= 0.3 is 0 Å². The highest BCUT2D eigenvalue weighted by molar-refractivity contribution is 6.23. The van der Waals surface area contributed by atoms with Gasteiger partial charge in [-0.15, -0.1) is 0 Å². The molecule has 3 heteroatoms. The molecule has 3 aromatic carbocycles. The number of benzene rings is 3. The van der Waals surface area contributed by atoms with Gasteiger partial charge in [0.15, 0.2) is 0 Å². The van der Waals surface area contributed by atoms with Crippen molar-refractivity contribution in [2.75, 3.05) is 12.0 Å². The third kappa shape index (κ3) is 3.72. The Morgan fingerprint density at radius 3 is 2.24 bits per heavy atom. The van der Waals surface area contributed by atoms with Crippen LogP contribution in [0.15, 0.2) is 84.4 Å². The number of ether oxygens (including phenoxy) is 1. The smallest absolute Gasteiger partial charge is 0.262 e. The first-order chi connectivity index (χ1) is 14.1. The van der Waals surface area contributed by atoms with E-state index in [0.29, 0.717) is 5.57 Å². The summed E-state index contributed by atoms with van der Waals surface area (Å²) in [6.45, 7) is 4.15. The Balaban J connectivity index is 1.80. The molecular weight excluding hydrogens is 358 g/mol. The summed E-state index contributed by atoms with van der Waals surface area (Å²) in [6.07, 6.45) is 3.89. The van der Waals surface area contributed by atoms with Crippen LogP contribution in [0.2, 0.25) is 0 Å². The van der Waals surface area contributed by atoms with Crippen molar-refractivity contribution in [3.63, 3.8) is 0 Å². The van der Waals surface area contributed by atoms with Crippen LogP contribution in [-0.4, -0.2) is 13.0 Å². The zero-order valence-electron chi connectivity index (χ0n) is 16.8. The first kappa shape index (κ1) is 18.8. The van der Waals surface area contributed by atoms with E-state index in [2.05, 4.69) is 26.0 Å². The number of hydrogen-bond acceptors (Lipinski definition) is 2. The average molecular weight is 381 g/mol. The molecule has 0 aromatic heterocycles. The van der Waals surface area contributed by atoms with Gasteiger partial charge in [0.25, 0.3) is 5.91 Å². The van der Waals surface area contributed by atoms with Crippen LogP contribution in [0.1, 0.15) is 22.3 Å². The number of methoxy groups -OCH3 is 1. The highest BCUT2D eigenvalue weighted by Gasteiger charge is 2.30. The van der Waals surface area contributed by atoms with Crippen LogP contribution in [0.25, 0.3) is 11.8 Å². The second-order valence-corrected chi connectivity index (χ2v) is 7.18. The molecule has 4 rings (SSSR count). The highest BCUT2D eigenvalue weighted by atomic mass is 16.5. The zero-order valence-corrected chi connectivity index (χ0v) is 16.8. The van der Waals surface area contributed by atoms with Crippen LogP contribution in [0.4, 0.5) is 5.69 Å². The van der Waals surface area contributed by atoms with E-state index in [1.807, 2.05) is 72.8 Å². The molecule has 0 aliphatic carbocycles. The molecule has 0 bridgehead atoms. The maximum absolute atomic E-state index is 13.4. The van der Waals surface area contributed by atoms with Gasteiger partial charge in [0.2, 0.25) is 0 Å². The second-order valence-electron chi connectivity index (χ2n) is 7.18. The molecule has 3 nitrogen and oxygen atoms in total. The number of hydrogen-bond donors (Lipinski definition) is 0. The molecular formula is C26H23NO2. The molecule has 0 spiro atoms. The topological polar surface area (TPSA) is 29.5 Å². The summed E-state index contributed by atoms with van der Waals surface area (Å²) >= 11 is 0. The maximum Gasteiger partial charge on any atom is 0.262 e. The minimum absolute atomic E-state index is 0.0251. The Kier molecular flexibility index (Phi) is 5.05. The predicted octanol–water partition coefficient (Wildman–Crippen LogP) is 5.78. The number of amides is 1. The molecule has 3 aromatic rings. The summed E-state index contributed by atoms with van der Waals surface area (Å²) in [4.78, 5) is 15.2. The van der Waals surface area contributed by atoms with Gasteiger partial charge in [-0.1, -0.05) is 48.5 Å². The molecule has 0 N–H and O–H groups in total. The average Bonchev–Trinajstić information content (AvgIpc) is 3.07. The number of nitrogens with zero attached hydrogens (tertiary/aromatic N) is 1. The van der Waals surface area contributed by atoms with Crippen molar-refractivity contribution in [1.82, 2.24) is 0 Å². The predicted molar refractivity (Wildman–Crippen MR) is 119 cm³/mol. The van der Waals surface area contributed by atoms with E-state index in [1.165, 1.54) is 5.56 Å². The number of carbonyl (C=O) groups is 1. The third-order valence-electron chi connectivity index (χ3n) is 5.24. The number of rotatable bonds is 4. The van der Waals surface area contributed by atoms with Crippen molar-refractivity contribution in [1.29, 1.82) is 0 Å². The largest absolute Gasteiger partial charge is 0.497 e. The van der Waals surface area contributed by atoms with Crippen molar-refractivity contribution in [2.24, 2.45) is 0 Å². The zero-order chi connectivity index (χ0) is 20.4. The molecule has 1 heterocycles. The van der Waals surface area contributed by atoms with E-state index in [4.69, 9.17) is 4.74 Å². The number of anilines is 1. The van der Waals surface area contributed by atoms with E-state index in [9.17, 15) is 4.79 Å². The van der Waals surface area contributed by atoms with E-state index >= 15 is 0 Å². The Labute approximate surface area is 171 Å². The molecule has 0 saturated carbocycles. The van der Waals surface area contributed by atoms with Gasteiger partial charge in [0.05, 0.1) is 12.8 Å². The van der Waals surface area contributed by atoms with Crippen LogP contribution in [-0.2, 0) is 4.79 Å². The van der Waals surface area contributed by atoms with E-state index in [1.54, 1.807) is 12.0 Å². The molecule has 0 radical (unpaired) electrons. The summed E-state index contributed by atoms with van der Waals surface area (Å²) in [5, 5.41) is 0. The molecule has 1 aliphatic heterocycles. The molecule has 1 aliphatic rings. The lowest BCUT2D eigenvalue weighted by Gasteiger charge is -2.21. The third-order valence-corrected chi connectivity index (χ3v) is 5.24. The SMILES string of the molecule is COc1ccc(C=C2C=C(c3ccccc3)N(c3ccc(C)c(C)c3)C2=O)cc1. The van der Waals surface area contributed by atoms with Crippen LogP contribution in [0, 0.1) is 13.8 Å². The lowest BCUT2D eigenvalue weighted by Crippen LogP contribution is -2.25. The minimum Gasteiger partial charge on any atom is -0.497 e. The monoisotopic (exact) mass is 381 g/mol. The Morgan fingerprint density at radius 2 is 1.59 bits per heavy atom. The molecule has 0 atom stereocenters. The first-order valence-electron chi connectivity index (χ1n) is 9.61. The Morgan fingerprint density at radius 1 is 0.862 bits per heavy atom. The molecule has 1 amide bonds. The van der Waals surface area contributed by atoms with Gasteiger partial charge < -0.3 is 4.74 Å². The van der Waals surface area contributed by atoms with Crippen LogP contribution >= 0.6 is 0 Å². The van der Waals surface area contributed by atoms with E-state index < -0.39 is 0 Å². The fraction of sp³-hybridized carbons (Fsp3) is 0.115.